The van der Waals surface area contributed by atoms with E-state index in [9.17, 15) is 38.4 Å². The zero-order chi connectivity index (χ0) is 50.4. The topological polar surface area (TPSA) is 181 Å². The Balaban J connectivity index is 1.63. The summed E-state index contributed by atoms with van der Waals surface area (Å²) in [6, 6.07) is 33.0. The fraction of sp³-hybridized carbons (Fsp3) is 0.308. The van der Waals surface area contributed by atoms with Crippen LogP contribution in [0.2, 0.25) is 0 Å². The van der Waals surface area contributed by atoms with Gasteiger partial charge < -0.3 is 48.7 Å². The number of terminal acetylenes is 2. The Labute approximate surface area is 407 Å². The van der Waals surface area contributed by atoms with Gasteiger partial charge in [-0.2, -0.15) is 0 Å². The highest BCUT2D eigenvalue weighted by Crippen LogP contribution is 2.21. The summed E-state index contributed by atoms with van der Waals surface area (Å²) >= 11 is 0. The largest absolute Gasteiger partial charge is 0.383 e. The van der Waals surface area contributed by atoms with E-state index >= 15 is 0 Å². The fourth-order valence-electron chi connectivity index (χ4n) is 7.33. The van der Waals surface area contributed by atoms with Crippen LogP contribution in [-0.4, -0.2) is 173 Å². The standard InChI is InChI=1S/C52H56N8O10/c1-5-27-53-33-45(61)55(29-31-69-3)35-49(65)60(44-25-17-10-18-26-44)40-52(68)58(42-21-13-8-14-22-42)38-48(64)54(28-6-2)34-46(62)56(30-32-70-4)36-50(66)59(43-23-15-9-16-24-43)39-51(67)57(37-47(53)63)41-19-11-7-12-20-41/h1-2,7-26H,27-40H2,3-4H3. The molecule has 364 valence electrons. The van der Waals surface area contributed by atoms with Crippen molar-refractivity contribution in [3.8, 4) is 24.7 Å². The van der Waals surface area contributed by atoms with E-state index in [4.69, 9.17) is 22.3 Å². The van der Waals surface area contributed by atoms with E-state index in [1.165, 1.54) is 33.8 Å². The second-order valence-electron chi connectivity index (χ2n) is 15.8. The van der Waals surface area contributed by atoms with E-state index in [2.05, 4.69) is 11.8 Å². The van der Waals surface area contributed by atoms with Gasteiger partial charge in [0.05, 0.1) is 26.3 Å². The first kappa shape index (κ1) is 52.6. The van der Waals surface area contributed by atoms with Crippen molar-refractivity contribution >= 4 is 70.0 Å². The number of anilines is 4. The number of ether oxygens (including phenoxy) is 2. The highest BCUT2D eigenvalue weighted by Gasteiger charge is 2.33. The fourth-order valence-corrected chi connectivity index (χ4v) is 7.33. The molecule has 1 saturated heterocycles. The monoisotopic (exact) mass is 952 g/mol. The zero-order valence-corrected chi connectivity index (χ0v) is 39.3. The molecule has 4 aromatic carbocycles. The summed E-state index contributed by atoms with van der Waals surface area (Å²) in [4.78, 5) is 125. The van der Waals surface area contributed by atoms with Gasteiger partial charge >= 0.3 is 0 Å². The van der Waals surface area contributed by atoms with E-state index in [-0.39, 0.29) is 39.4 Å². The van der Waals surface area contributed by atoms with E-state index in [0.29, 0.717) is 22.7 Å². The number of benzene rings is 4. The average molecular weight is 953 g/mol. The predicted molar refractivity (Wildman–Crippen MR) is 263 cm³/mol. The van der Waals surface area contributed by atoms with Crippen molar-refractivity contribution in [3.63, 3.8) is 0 Å². The minimum absolute atomic E-state index is 0.00993. The molecule has 0 bridgehead atoms. The van der Waals surface area contributed by atoms with Crippen molar-refractivity contribution in [1.29, 1.82) is 0 Å². The van der Waals surface area contributed by atoms with Gasteiger partial charge in [0.15, 0.2) is 0 Å². The second-order valence-corrected chi connectivity index (χ2v) is 15.8. The number of carbonyl (C=O) groups excluding carboxylic acids is 8. The van der Waals surface area contributed by atoms with Crippen LogP contribution in [0.4, 0.5) is 22.7 Å². The van der Waals surface area contributed by atoms with Gasteiger partial charge in [0.25, 0.3) is 0 Å². The Morgan fingerprint density at radius 3 is 0.843 bits per heavy atom. The van der Waals surface area contributed by atoms with E-state index in [0.717, 1.165) is 19.6 Å². The van der Waals surface area contributed by atoms with E-state index in [1.807, 2.05) is 0 Å². The lowest BCUT2D eigenvalue weighted by molar-refractivity contribution is -0.141. The van der Waals surface area contributed by atoms with Gasteiger partial charge in [0.2, 0.25) is 47.3 Å². The second kappa shape index (κ2) is 26.9. The summed E-state index contributed by atoms with van der Waals surface area (Å²) in [6.07, 6.45) is 11.5. The third-order valence-electron chi connectivity index (χ3n) is 11.1. The van der Waals surface area contributed by atoms with Crippen LogP contribution < -0.4 is 19.6 Å². The first-order valence-corrected chi connectivity index (χ1v) is 22.3. The Hall–Kier alpha value is -8.32. The molecule has 1 fully saturated rings. The molecule has 4 aromatic rings. The van der Waals surface area contributed by atoms with Crippen molar-refractivity contribution in [2.45, 2.75) is 0 Å². The third-order valence-corrected chi connectivity index (χ3v) is 11.1. The maximum Gasteiger partial charge on any atom is 0.247 e. The molecule has 0 saturated carbocycles. The summed E-state index contributed by atoms with van der Waals surface area (Å²) in [6.45, 7) is -5.79. The van der Waals surface area contributed by atoms with Gasteiger partial charge in [-0.25, -0.2) is 0 Å². The van der Waals surface area contributed by atoms with E-state index in [1.54, 1.807) is 121 Å². The number of rotatable bonds is 12. The van der Waals surface area contributed by atoms with Gasteiger partial charge in [0, 0.05) is 50.1 Å². The van der Waals surface area contributed by atoms with Crippen molar-refractivity contribution in [3.05, 3.63) is 121 Å². The lowest BCUT2D eigenvalue weighted by atomic mass is 10.2. The number of para-hydroxylation sites is 4. The minimum atomic E-state index is -0.728. The molecule has 1 aliphatic heterocycles. The number of hydrogen-bond donors (Lipinski definition) is 0. The maximum absolute atomic E-state index is 14.6. The molecule has 70 heavy (non-hydrogen) atoms. The SMILES string of the molecule is C#CCN1CC(=O)N(CCOC)CC(=O)N(c2ccccc2)CC(=O)N(c2ccccc2)CC(=O)N(CC#C)CC(=O)N(CCOC)CC(=O)N(c2ccccc2)CC(=O)N(c2ccccc2)CC1=O. The number of carbonyl (C=O) groups is 8. The predicted octanol–water partition coefficient (Wildman–Crippen LogP) is 2.01. The molecule has 0 unspecified atom stereocenters. The van der Waals surface area contributed by atoms with Gasteiger partial charge in [-0.1, -0.05) is 84.6 Å². The first-order valence-electron chi connectivity index (χ1n) is 22.3. The lowest BCUT2D eigenvalue weighted by Gasteiger charge is -2.33. The van der Waals surface area contributed by atoms with Crippen LogP contribution in [-0.2, 0) is 47.8 Å². The minimum Gasteiger partial charge on any atom is -0.383 e. The molecular formula is C52H56N8O10. The molecule has 0 aromatic heterocycles. The third kappa shape index (κ3) is 14.8. The summed E-state index contributed by atoms with van der Waals surface area (Å²) in [5, 5.41) is 0. The maximum atomic E-state index is 14.6. The first-order chi connectivity index (χ1) is 33.9. The molecular weight excluding hydrogens is 897 g/mol. The van der Waals surface area contributed by atoms with Crippen molar-refractivity contribution < 1.29 is 47.8 Å². The van der Waals surface area contributed by atoms with Crippen LogP contribution >= 0.6 is 0 Å². The molecule has 18 heteroatoms. The average Bonchev–Trinajstić information content (AvgIpc) is 3.38. The normalized spacial score (nSPS) is 16.1. The molecule has 8 amide bonds. The van der Waals surface area contributed by atoms with Crippen LogP contribution in [0.25, 0.3) is 0 Å². The van der Waals surface area contributed by atoms with Crippen LogP contribution in [0.3, 0.4) is 0 Å². The van der Waals surface area contributed by atoms with Gasteiger partial charge in [-0.15, -0.1) is 12.8 Å². The molecule has 0 spiro atoms. The number of methoxy groups -OCH3 is 2. The zero-order valence-electron chi connectivity index (χ0n) is 39.3. The lowest BCUT2D eigenvalue weighted by Crippen LogP contribution is -2.54. The van der Waals surface area contributed by atoms with Crippen LogP contribution in [0.5, 0.6) is 0 Å². The number of amides is 8. The molecule has 0 atom stereocenters. The molecule has 18 nitrogen and oxygen atoms in total. The summed E-state index contributed by atoms with van der Waals surface area (Å²) in [7, 11) is 2.82. The molecule has 0 radical (unpaired) electrons. The van der Waals surface area contributed by atoms with Gasteiger partial charge in [-0.05, 0) is 48.5 Å². The Bertz CT molecular complexity index is 2340. The van der Waals surface area contributed by atoms with Crippen molar-refractivity contribution in [1.82, 2.24) is 19.6 Å². The Kier molecular flexibility index (Phi) is 20.2. The molecule has 5 rings (SSSR count). The van der Waals surface area contributed by atoms with Gasteiger partial charge in [-0.3, -0.25) is 38.4 Å². The number of hydrogen-bond acceptors (Lipinski definition) is 10. The quantitative estimate of drug-likeness (QED) is 0.191. The van der Waals surface area contributed by atoms with E-state index < -0.39 is 99.6 Å². The molecule has 0 N–H and O–H groups in total. The summed E-state index contributed by atoms with van der Waals surface area (Å²) in [5.74, 6) is -0.839. The highest BCUT2D eigenvalue weighted by molar-refractivity contribution is 6.08. The summed E-state index contributed by atoms with van der Waals surface area (Å²) in [5.41, 5.74) is 1.18. The summed E-state index contributed by atoms with van der Waals surface area (Å²) < 4.78 is 10.6. The van der Waals surface area contributed by atoms with Crippen LogP contribution in [0, 0.1) is 24.7 Å². The smallest absolute Gasteiger partial charge is 0.247 e. The molecule has 1 heterocycles. The van der Waals surface area contributed by atoms with Gasteiger partial charge in [0.1, 0.15) is 52.4 Å². The van der Waals surface area contributed by atoms with Crippen molar-refractivity contribution in [2.75, 3.05) is 126 Å². The Morgan fingerprint density at radius 2 is 0.586 bits per heavy atom. The molecule has 0 aliphatic carbocycles. The molecule has 1 aliphatic rings. The van der Waals surface area contributed by atoms with Crippen LogP contribution in [0.15, 0.2) is 121 Å². The van der Waals surface area contributed by atoms with Crippen LogP contribution in [0.1, 0.15) is 0 Å². The van der Waals surface area contributed by atoms with Crippen molar-refractivity contribution in [2.24, 2.45) is 0 Å². The Morgan fingerprint density at radius 1 is 0.357 bits per heavy atom. The number of nitrogens with zero attached hydrogens (tertiary/aromatic N) is 8. The highest BCUT2D eigenvalue weighted by atomic mass is 16.5.